The number of amides is 1. The molecule has 186 valence electrons. The first kappa shape index (κ1) is 25.0. The van der Waals surface area contributed by atoms with Crippen molar-refractivity contribution in [3.8, 4) is 0 Å². The number of oxime groups is 1. The number of carboxylic acid groups (broad SMARTS) is 1. The van der Waals surface area contributed by atoms with E-state index < -0.39 is 5.97 Å². The molecule has 0 aliphatic heterocycles. The van der Waals surface area contributed by atoms with Gasteiger partial charge in [-0.05, 0) is 102 Å². The van der Waals surface area contributed by atoms with Crippen molar-refractivity contribution in [3.05, 3.63) is 21.9 Å². The summed E-state index contributed by atoms with van der Waals surface area (Å²) in [6.45, 7) is 4.72. The highest BCUT2D eigenvalue weighted by atomic mass is 32.1. The number of carbonyl (C=O) groups excluding carboxylic acids is 1. The number of carbonyl (C=O) groups is 2. The van der Waals surface area contributed by atoms with Crippen molar-refractivity contribution in [2.75, 3.05) is 11.5 Å². The Morgan fingerprint density at radius 1 is 1.12 bits per heavy atom. The second-order valence-electron chi connectivity index (χ2n) is 10.1. The molecule has 34 heavy (non-hydrogen) atoms. The van der Waals surface area contributed by atoms with Crippen LogP contribution >= 0.6 is 11.3 Å². The number of rotatable bonds is 7. The molecule has 0 radical (unpaired) electrons. The summed E-state index contributed by atoms with van der Waals surface area (Å²) in [7, 11) is 0. The Bertz CT molecular complexity index is 932. The number of carboxylic acids is 1. The maximum absolute atomic E-state index is 14.0. The molecular weight excluding hydrogens is 448 g/mol. The van der Waals surface area contributed by atoms with Crippen molar-refractivity contribution < 1.29 is 19.5 Å². The van der Waals surface area contributed by atoms with E-state index in [2.05, 4.69) is 18.2 Å². The Balaban J connectivity index is 1.66. The van der Waals surface area contributed by atoms with Gasteiger partial charge in [-0.3, -0.25) is 4.79 Å². The summed E-state index contributed by atoms with van der Waals surface area (Å²) in [5.41, 5.74) is 2.88. The maximum Gasteiger partial charge on any atom is 0.348 e. The molecule has 2 fully saturated rings. The van der Waals surface area contributed by atoms with Crippen LogP contribution in [0.5, 0.6) is 0 Å². The van der Waals surface area contributed by atoms with Crippen LogP contribution in [-0.2, 0) is 9.63 Å². The predicted octanol–water partition coefficient (Wildman–Crippen LogP) is 6.90. The molecule has 1 heterocycles. The van der Waals surface area contributed by atoms with Crippen LogP contribution in [0.15, 0.2) is 17.3 Å². The third kappa shape index (κ3) is 5.73. The van der Waals surface area contributed by atoms with E-state index in [1.807, 2.05) is 17.9 Å². The van der Waals surface area contributed by atoms with E-state index in [1.165, 1.54) is 23.3 Å². The Morgan fingerprint density at radius 2 is 1.85 bits per heavy atom. The third-order valence-electron chi connectivity index (χ3n) is 7.60. The molecule has 0 spiro atoms. The summed E-state index contributed by atoms with van der Waals surface area (Å²) in [4.78, 5) is 34.8. The second kappa shape index (κ2) is 11.5. The van der Waals surface area contributed by atoms with E-state index in [-0.39, 0.29) is 17.9 Å². The fourth-order valence-electron chi connectivity index (χ4n) is 5.57. The fraction of sp³-hybridized carbons (Fsp3) is 0.667. The molecule has 0 bridgehead atoms. The first-order valence-corrected chi connectivity index (χ1v) is 13.9. The normalized spacial score (nSPS) is 25.4. The summed E-state index contributed by atoms with van der Waals surface area (Å²) in [5, 5.41) is 14.3. The molecule has 1 amide bonds. The van der Waals surface area contributed by atoms with Crippen LogP contribution in [0.3, 0.4) is 0 Å². The molecule has 1 N–H and O–H groups in total. The van der Waals surface area contributed by atoms with E-state index in [9.17, 15) is 14.7 Å². The lowest BCUT2D eigenvalue weighted by atomic mass is 9.81. The van der Waals surface area contributed by atoms with Gasteiger partial charge in [-0.25, -0.2) is 4.79 Å². The van der Waals surface area contributed by atoms with E-state index in [0.717, 1.165) is 81.2 Å². The van der Waals surface area contributed by atoms with Crippen molar-refractivity contribution in [2.24, 2.45) is 17.0 Å². The van der Waals surface area contributed by atoms with Crippen molar-refractivity contribution in [3.63, 3.8) is 0 Å². The van der Waals surface area contributed by atoms with Gasteiger partial charge in [0.05, 0.1) is 11.4 Å². The van der Waals surface area contributed by atoms with Gasteiger partial charge >= 0.3 is 5.97 Å². The topological polar surface area (TPSA) is 79.2 Å². The summed E-state index contributed by atoms with van der Waals surface area (Å²) in [5.74, 6) is -0.183. The van der Waals surface area contributed by atoms with Gasteiger partial charge < -0.3 is 14.8 Å². The molecule has 7 heteroatoms. The van der Waals surface area contributed by atoms with Crippen LogP contribution < -0.4 is 4.90 Å². The third-order valence-corrected chi connectivity index (χ3v) is 8.78. The largest absolute Gasteiger partial charge is 0.477 e. The highest BCUT2D eigenvalue weighted by molar-refractivity contribution is 7.15. The van der Waals surface area contributed by atoms with E-state index in [1.54, 1.807) is 0 Å². The first-order valence-electron chi connectivity index (χ1n) is 13.0. The molecule has 3 aliphatic rings. The molecule has 2 saturated carbocycles. The van der Waals surface area contributed by atoms with Gasteiger partial charge in [0.2, 0.25) is 5.91 Å². The van der Waals surface area contributed by atoms with Gasteiger partial charge in [-0.15, -0.1) is 11.3 Å². The lowest BCUT2D eigenvalue weighted by molar-refractivity contribution is -0.124. The van der Waals surface area contributed by atoms with Crippen LogP contribution in [-0.4, -0.2) is 35.3 Å². The van der Waals surface area contributed by atoms with Crippen LogP contribution in [0.25, 0.3) is 5.57 Å². The van der Waals surface area contributed by atoms with Crippen LogP contribution in [0.2, 0.25) is 0 Å². The zero-order valence-corrected chi connectivity index (χ0v) is 21.4. The van der Waals surface area contributed by atoms with Gasteiger partial charge in [0.15, 0.2) is 0 Å². The molecule has 0 saturated heterocycles. The molecule has 1 aromatic heterocycles. The number of nitrogens with zero attached hydrogens (tertiary/aromatic N) is 2. The number of thiophene rings is 1. The minimum atomic E-state index is -0.938. The molecular formula is C27H38N2O4S. The fourth-order valence-corrected chi connectivity index (χ4v) is 6.63. The van der Waals surface area contributed by atoms with Gasteiger partial charge in [-0.1, -0.05) is 18.2 Å². The summed E-state index contributed by atoms with van der Waals surface area (Å²) >= 11 is 1.34. The average Bonchev–Trinajstić information content (AvgIpc) is 3.30. The van der Waals surface area contributed by atoms with Crippen molar-refractivity contribution in [1.29, 1.82) is 0 Å². The number of hydrogen-bond acceptors (Lipinski definition) is 5. The minimum absolute atomic E-state index is 0.00619. The molecule has 1 aromatic rings. The van der Waals surface area contributed by atoms with Gasteiger partial charge in [-0.2, -0.15) is 0 Å². The van der Waals surface area contributed by atoms with Crippen LogP contribution in [0.1, 0.15) is 105 Å². The molecule has 6 nitrogen and oxygen atoms in total. The Labute approximate surface area is 207 Å². The Hall–Kier alpha value is -2.15. The number of anilines is 1. The zero-order valence-electron chi connectivity index (χ0n) is 20.6. The Morgan fingerprint density at radius 3 is 2.47 bits per heavy atom. The van der Waals surface area contributed by atoms with Gasteiger partial charge in [0.1, 0.15) is 11.5 Å². The first-order chi connectivity index (χ1) is 16.5. The standard InChI is InChI=1S/C27H38N2O4S/c1-3-33-28-21-13-15-22(16-14-21)29(26(30)20-11-9-18(2)10-12-20)23-17-24(34-25(23)27(31)32)19-7-5-4-6-8-19/h7,17-18,20,22H,3-6,8-16H2,1-2H3,(H,31,32). The van der Waals surface area contributed by atoms with Gasteiger partial charge in [0, 0.05) is 16.8 Å². The Kier molecular flexibility index (Phi) is 8.46. The highest BCUT2D eigenvalue weighted by Gasteiger charge is 2.37. The predicted molar refractivity (Wildman–Crippen MR) is 138 cm³/mol. The second-order valence-corrected chi connectivity index (χ2v) is 11.1. The summed E-state index contributed by atoms with van der Waals surface area (Å²) < 4.78 is 0. The lowest BCUT2D eigenvalue weighted by Crippen LogP contribution is -2.46. The molecule has 0 aromatic carbocycles. The molecule has 0 atom stereocenters. The van der Waals surface area contributed by atoms with E-state index in [4.69, 9.17) is 4.84 Å². The lowest BCUT2D eigenvalue weighted by Gasteiger charge is -2.38. The van der Waals surface area contributed by atoms with Gasteiger partial charge in [0.25, 0.3) is 0 Å². The summed E-state index contributed by atoms with van der Waals surface area (Å²) in [6, 6.07) is 1.99. The van der Waals surface area contributed by atoms with Crippen molar-refractivity contribution >= 4 is 40.2 Å². The monoisotopic (exact) mass is 486 g/mol. The van der Waals surface area contributed by atoms with Crippen molar-refractivity contribution in [2.45, 2.75) is 96.9 Å². The quantitative estimate of drug-likeness (QED) is 0.425. The molecule has 4 rings (SSSR count). The van der Waals surface area contributed by atoms with E-state index in [0.29, 0.717) is 23.1 Å². The van der Waals surface area contributed by atoms with Crippen LogP contribution in [0.4, 0.5) is 5.69 Å². The van der Waals surface area contributed by atoms with Crippen molar-refractivity contribution in [1.82, 2.24) is 0 Å². The SMILES string of the molecule is CCON=C1CCC(N(C(=O)C2CCC(C)CC2)c2cc(C3=CCCCC3)sc2C(=O)O)CC1. The maximum atomic E-state index is 14.0. The van der Waals surface area contributed by atoms with Crippen LogP contribution in [0, 0.1) is 11.8 Å². The minimum Gasteiger partial charge on any atom is -0.477 e. The number of aromatic carboxylic acids is 1. The smallest absolute Gasteiger partial charge is 0.348 e. The average molecular weight is 487 g/mol. The number of allylic oxidation sites excluding steroid dienone is 2. The molecule has 3 aliphatic carbocycles. The molecule has 0 unspecified atom stereocenters. The summed E-state index contributed by atoms with van der Waals surface area (Å²) in [6.07, 6.45) is 13.6. The number of hydrogen-bond donors (Lipinski definition) is 1. The zero-order chi connectivity index (χ0) is 24.1. The van der Waals surface area contributed by atoms with E-state index >= 15 is 0 Å². The highest BCUT2D eigenvalue weighted by Crippen LogP contribution is 2.41.